The van der Waals surface area contributed by atoms with Crippen molar-refractivity contribution < 1.29 is 10.0 Å². The highest BCUT2D eigenvalue weighted by atomic mass is 16.6. The monoisotopic (exact) mass is 175 g/mol. The van der Waals surface area contributed by atoms with Crippen LogP contribution in [0.2, 0.25) is 0 Å². The minimum absolute atomic E-state index is 0.334. The summed E-state index contributed by atoms with van der Waals surface area (Å²) in [4.78, 5) is 9.84. The fourth-order valence-electron chi connectivity index (χ4n) is 1.07. The van der Waals surface area contributed by atoms with Crippen molar-refractivity contribution in [3.63, 3.8) is 0 Å². The minimum atomic E-state index is -0.748. The molecule has 1 N–H and O–H groups in total. The van der Waals surface area contributed by atoms with Gasteiger partial charge in [-0.15, -0.1) is 0 Å². The molecule has 0 amide bonds. The van der Waals surface area contributed by atoms with Crippen LogP contribution >= 0.6 is 0 Å². The SMILES string of the molecule is CCCCCCC(CO)[N+](=O)[O-]. The van der Waals surface area contributed by atoms with Crippen molar-refractivity contribution in [2.75, 3.05) is 6.61 Å². The first kappa shape index (κ1) is 11.4. The second-order valence-electron chi connectivity index (χ2n) is 2.97. The molecule has 0 spiro atoms. The maximum atomic E-state index is 10.2. The number of hydrogen-bond donors (Lipinski definition) is 1. The van der Waals surface area contributed by atoms with E-state index in [-0.39, 0.29) is 6.61 Å². The Kier molecular flexibility index (Phi) is 6.66. The second-order valence-corrected chi connectivity index (χ2v) is 2.97. The highest BCUT2D eigenvalue weighted by Crippen LogP contribution is 2.06. The molecule has 0 heterocycles. The number of rotatable bonds is 7. The number of nitro groups is 1. The van der Waals surface area contributed by atoms with Gasteiger partial charge in [-0.1, -0.05) is 26.2 Å². The van der Waals surface area contributed by atoms with E-state index in [1.165, 1.54) is 0 Å². The lowest BCUT2D eigenvalue weighted by Gasteiger charge is -2.04. The van der Waals surface area contributed by atoms with Crippen LogP contribution in [0.15, 0.2) is 0 Å². The van der Waals surface area contributed by atoms with Crippen LogP contribution in [0, 0.1) is 10.1 Å². The van der Waals surface area contributed by atoms with Crippen LogP contribution in [0.25, 0.3) is 0 Å². The van der Waals surface area contributed by atoms with Gasteiger partial charge >= 0.3 is 0 Å². The molecule has 1 atom stereocenters. The van der Waals surface area contributed by atoms with E-state index in [2.05, 4.69) is 6.92 Å². The van der Waals surface area contributed by atoms with Crippen molar-refractivity contribution in [3.8, 4) is 0 Å². The average Bonchev–Trinajstić information content (AvgIpc) is 2.04. The topological polar surface area (TPSA) is 63.4 Å². The van der Waals surface area contributed by atoms with Gasteiger partial charge in [0.05, 0.1) is 0 Å². The number of aliphatic hydroxyl groups excluding tert-OH is 1. The van der Waals surface area contributed by atoms with Crippen molar-refractivity contribution in [1.29, 1.82) is 0 Å². The smallest absolute Gasteiger partial charge is 0.235 e. The number of hydrogen-bond acceptors (Lipinski definition) is 3. The molecular weight excluding hydrogens is 158 g/mol. The molecule has 0 fully saturated rings. The lowest BCUT2D eigenvalue weighted by atomic mass is 10.1. The summed E-state index contributed by atoms with van der Waals surface area (Å²) in [5.74, 6) is 0. The summed E-state index contributed by atoms with van der Waals surface area (Å²) in [6.45, 7) is 1.76. The largest absolute Gasteiger partial charge is 0.389 e. The summed E-state index contributed by atoms with van der Waals surface area (Å²) < 4.78 is 0. The molecule has 0 rings (SSSR count). The zero-order valence-corrected chi connectivity index (χ0v) is 7.53. The molecule has 0 aliphatic heterocycles. The van der Waals surface area contributed by atoms with Crippen LogP contribution in [0.3, 0.4) is 0 Å². The Balaban J connectivity index is 3.38. The second kappa shape index (κ2) is 7.03. The zero-order chi connectivity index (χ0) is 9.40. The van der Waals surface area contributed by atoms with Gasteiger partial charge in [0.1, 0.15) is 6.61 Å². The van der Waals surface area contributed by atoms with Crippen LogP contribution < -0.4 is 0 Å². The quantitative estimate of drug-likeness (QED) is 0.363. The first-order valence-corrected chi connectivity index (χ1v) is 4.46. The Morgan fingerprint density at radius 2 is 2.08 bits per heavy atom. The molecule has 0 aliphatic rings. The molecule has 0 aliphatic carbocycles. The molecule has 72 valence electrons. The summed E-state index contributed by atoms with van der Waals surface area (Å²) in [6, 6.07) is -0.748. The molecule has 0 bridgehead atoms. The van der Waals surface area contributed by atoms with Crippen LogP contribution in [-0.4, -0.2) is 22.7 Å². The predicted octanol–water partition coefficient (Wildman–Crippen LogP) is 1.59. The molecule has 4 nitrogen and oxygen atoms in total. The zero-order valence-electron chi connectivity index (χ0n) is 7.53. The fraction of sp³-hybridized carbons (Fsp3) is 1.00. The van der Waals surface area contributed by atoms with Gasteiger partial charge in [0, 0.05) is 11.3 Å². The van der Waals surface area contributed by atoms with E-state index >= 15 is 0 Å². The maximum Gasteiger partial charge on any atom is 0.235 e. The molecule has 4 heteroatoms. The van der Waals surface area contributed by atoms with Crippen molar-refractivity contribution in [3.05, 3.63) is 10.1 Å². The highest BCUT2D eigenvalue weighted by molar-refractivity contribution is 4.54. The molecular formula is C8H17NO3. The lowest BCUT2D eigenvalue weighted by Crippen LogP contribution is -2.23. The van der Waals surface area contributed by atoms with Gasteiger partial charge in [0.25, 0.3) is 0 Å². The van der Waals surface area contributed by atoms with Crippen molar-refractivity contribution in [1.82, 2.24) is 0 Å². The van der Waals surface area contributed by atoms with E-state index < -0.39 is 11.0 Å². The van der Waals surface area contributed by atoms with Gasteiger partial charge < -0.3 is 5.11 Å². The van der Waals surface area contributed by atoms with Gasteiger partial charge in [-0.3, -0.25) is 10.1 Å². The van der Waals surface area contributed by atoms with E-state index in [4.69, 9.17) is 5.11 Å². The van der Waals surface area contributed by atoms with Gasteiger partial charge in [-0.2, -0.15) is 0 Å². The molecule has 0 saturated carbocycles. The van der Waals surface area contributed by atoms with Gasteiger partial charge in [0.2, 0.25) is 6.04 Å². The van der Waals surface area contributed by atoms with E-state index in [1.54, 1.807) is 0 Å². The van der Waals surface area contributed by atoms with Crippen LogP contribution in [0.1, 0.15) is 39.0 Å². The Morgan fingerprint density at radius 1 is 1.42 bits per heavy atom. The molecule has 0 aromatic heterocycles. The molecule has 12 heavy (non-hydrogen) atoms. The lowest BCUT2D eigenvalue weighted by molar-refractivity contribution is -0.526. The van der Waals surface area contributed by atoms with Crippen LogP contribution in [-0.2, 0) is 0 Å². The third kappa shape index (κ3) is 5.07. The molecule has 1 unspecified atom stereocenters. The first-order valence-electron chi connectivity index (χ1n) is 4.46. The number of unbranched alkanes of at least 4 members (excludes halogenated alkanes) is 3. The average molecular weight is 175 g/mol. The molecule has 0 aromatic carbocycles. The first-order chi connectivity index (χ1) is 5.72. The third-order valence-corrected chi connectivity index (χ3v) is 1.90. The normalized spacial score (nSPS) is 12.8. The third-order valence-electron chi connectivity index (χ3n) is 1.90. The summed E-state index contributed by atoms with van der Waals surface area (Å²) in [6.07, 6.45) is 4.63. The summed E-state index contributed by atoms with van der Waals surface area (Å²) in [5.41, 5.74) is 0. The van der Waals surface area contributed by atoms with E-state index in [9.17, 15) is 10.1 Å². The molecule has 0 radical (unpaired) electrons. The van der Waals surface area contributed by atoms with Gasteiger partial charge in [0.15, 0.2) is 0 Å². The standard InChI is InChI=1S/C8H17NO3/c1-2-3-4-5-6-8(7-10)9(11)12/h8,10H,2-7H2,1H3. The Morgan fingerprint density at radius 3 is 2.50 bits per heavy atom. The molecule has 0 saturated heterocycles. The Labute approximate surface area is 72.7 Å². The van der Waals surface area contributed by atoms with Crippen LogP contribution in [0.5, 0.6) is 0 Å². The van der Waals surface area contributed by atoms with E-state index in [1.807, 2.05) is 0 Å². The summed E-state index contributed by atoms with van der Waals surface area (Å²) >= 11 is 0. The van der Waals surface area contributed by atoms with Crippen LogP contribution in [0.4, 0.5) is 0 Å². The Hall–Kier alpha value is -0.640. The highest BCUT2D eigenvalue weighted by Gasteiger charge is 2.16. The van der Waals surface area contributed by atoms with Gasteiger partial charge in [-0.25, -0.2) is 0 Å². The van der Waals surface area contributed by atoms with E-state index in [0.29, 0.717) is 6.42 Å². The van der Waals surface area contributed by atoms with Gasteiger partial charge in [-0.05, 0) is 6.42 Å². The minimum Gasteiger partial charge on any atom is -0.389 e. The van der Waals surface area contributed by atoms with Crippen molar-refractivity contribution in [2.24, 2.45) is 0 Å². The number of nitrogens with zero attached hydrogens (tertiary/aromatic N) is 1. The van der Waals surface area contributed by atoms with E-state index in [0.717, 1.165) is 25.7 Å². The summed E-state index contributed by atoms with van der Waals surface area (Å²) in [7, 11) is 0. The summed E-state index contributed by atoms with van der Waals surface area (Å²) in [5, 5.41) is 18.9. The molecule has 0 aromatic rings. The van der Waals surface area contributed by atoms with Crippen molar-refractivity contribution in [2.45, 2.75) is 45.1 Å². The fourth-order valence-corrected chi connectivity index (χ4v) is 1.07. The number of aliphatic hydroxyl groups is 1. The maximum absolute atomic E-state index is 10.2. The Bertz CT molecular complexity index is 127. The predicted molar refractivity (Wildman–Crippen MR) is 46.6 cm³/mol. The van der Waals surface area contributed by atoms with Crippen molar-refractivity contribution >= 4 is 0 Å².